The minimum Gasteiger partial charge on any atom is -0.403 e. The van der Waals surface area contributed by atoms with E-state index in [1.807, 2.05) is 0 Å². The number of nitrogens with zero attached hydrogens (tertiary/aromatic N) is 1. The van der Waals surface area contributed by atoms with Crippen LogP contribution < -0.4 is 4.74 Å². The van der Waals surface area contributed by atoms with Gasteiger partial charge in [-0.15, -0.1) is 13.2 Å². The molecule has 0 amide bonds. The zero-order valence-corrected chi connectivity index (χ0v) is 10.3. The highest BCUT2D eigenvalue weighted by molar-refractivity contribution is 14.1. The quantitative estimate of drug-likeness (QED) is 0.562. The van der Waals surface area contributed by atoms with Crippen molar-refractivity contribution >= 4 is 22.6 Å². The van der Waals surface area contributed by atoms with Crippen LogP contribution in [0.25, 0.3) is 0 Å². The van der Waals surface area contributed by atoms with E-state index in [-0.39, 0.29) is 6.20 Å². The molecule has 102 valence electrons. The molecule has 1 heterocycles. The Bertz CT molecular complexity index is 442. The maximum Gasteiger partial charge on any atom is 0.573 e. The molecule has 0 aromatic carbocycles. The molecule has 0 saturated heterocycles. The maximum absolute atomic E-state index is 12.5. The van der Waals surface area contributed by atoms with Crippen molar-refractivity contribution in [3.63, 3.8) is 0 Å². The smallest absolute Gasteiger partial charge is 0.403 e. The highest BCUT2D eigenvalue weighted by Crippen LogP contribution is 2.37. The predicted molar refractivity (Wildman–Crippen MR) is 53.5 cm³/mol. The van der Waals surface area contributed by atoms with Crippen molar-refractivity contribution in [3.8, 4) is 5.75 Å². The van der Waals surface area contributed by atoms with Gasteiger partial charge in [0.25, 0.3) is 0 Å². The second kappa shape index (κ2) is 5.05. The Balaban J connectivity index is 3.29. The number of rotatable bonds is 2. The summed E-state index contributed by atoms with van der Waals surface area (Å²) in [5, 5.41) is 0. The first-order valence-corrected chi connectivity index (χ1v) is 5.20. The lowest BCUT2D eigenvalue weighted by molar-refractivity contribution is -0.275. The molecular formula is C8H3F7INO. The molecule has 1 rings (SSSR count). The van der Waals surface area contributed by atoms with Gasteiger partial charge in [0.1, 0.15) is 6.67 Å². The van der Waals surface area contributed by atoms with Gasteiger partial charge in [-0.2, -0.15) is 13.2 Å². The van der Waals surface area contributed by atoms with Gasteiger partial charge in [0.05, 0.1) is 9.77 Å². The fourth-order valence-corrected chi connectivity index (χ4v) is 1.72. The van der Waals surface area contributed by atoms with E-state index < -0.39 is 39.8 Å². The molecule has 0 unspecified atom stereocenters. The summed E-state index contributed by atoms with van der Waals surface area (Å²) in [7, 11) is 0. The number of hydrogen-bond acceptors (Lipinski definition) is 2. The van der Waals surface area contributed by atoms with Crippen LogP contribution in [0.15, 0.2) is 6.20 Å². The number of aromatic nitrogens is 1. The van der Waals surface area contributed by atoms with E-state index in [1.165, 1.54) is 0 Å². The number of ether oxygens (including phenoxy) is 1. The zero-order chi connectivity index (χ0) is 14.1. The molecule has 1 aromatic heterocycles. The molecule has 0 bridgehead atoms. The van der Waals surface area contributed by atoms with Gasteiger partial charge >= 0.3 is 12.5 Å². The normalized spacial score (nSPS) is 12.7. The van der Waals surface area contributed by atoms with E-state index in [1.54, 1.807) is 0 Å². The highest BCUT2D eigenvalue weighted by Gasteiger charge is 2.38. The lowest BCUT2D eigenvalue weighted by Gasteiger charge is -2.15. The summed E-state index contributed by atoms with van der Waals surface area (Å²) in [6.07, 6.45) is -9.77. The van der Waals surface area contributed by atoms with Gasteiger partial charge in [0, 0.05) is 5.56 Å². The van der Waals surface area contributed by atoms with E-state index in [2.05, 4.69) is 9.72 Å². The summed E-state index contributed by atoms with van der Waals surface area (Å²) in [4.78, 5) is 2.77. The van der Waals surface area contributed by atoms with Crippen LogP contribution in [0.3, 0.4) is 0 Å². The summed E-state index contributed by atoms with van der Waals surface area (Å²) in [6.45, 7) is -1.60. The van der Waals surface area contributed by atoms with E-state index in [9.17, 15) is 30.7 Å². The zero-order valence-electron chi connectivity index (χ0n) is 8.16. The molecule has 0 N–H and O–H groups in total. The molecule has 0 aliphatic heterocycles. The lowest BCUT2D eigenvalue weighted by atomic mass is 10.2. The van der Waals surface area contributed by atoms with Crippen LogP contribution in [0.4, 0.5) is 30.7 Å². The summed E-state index contributed by atoms with van der Waals surface area (Å²) < 4.78 is 88.3. The summed E-state index contributed by atoms with van der Waals surface area (Å²) >= 11 is 1.14. The average Bonchev–Trinajstić information content (AvgIpc) is 2.17. The summed E-state index contributed by atoms with van der Waals surface area (Å²) in [5.74, 6) is -0.969. The Kier molecular flexibility index (Phi) is 4.28. The first kappa shape index (κ1) is 15.2. The molecule has 0 saturated carbocycles. The Hall–Kier alpha value is -0.810. The van der Waals surface area contributed by atoms with Gasteiger partial charge in [0.15, 0.2) is 11.4 Å². The maximum atomic E-state index is 12.5. The molecule has 0 spiro atoms. The number of hydrogen-bond donors (Lipinski definition) is 0. The molecule has 0 radical (unpaired) electrons. The van der Waals surface area contributed by atoms with E-state index in [0.29, 0.717) is 0 Å². The van der Waals surface area contributed by atoms with Gasteiger partial charge in [-0.1, -0.05) is 0 Å². The number of pyridine rings is 1. The largest absolute Gasteiger partial charge is 0.573 e. The minimum atomic E-state index is -5.09. The summed E-state index contributed by atoms with van der Waals surface area (Å²) in [6, 6.07) is 0. The molecule has 2 nitrogen and oxygen atoms in total. The molecule has 0 atom stereocenters. The fraction of sp³-hybridized carbons (Fsp3) is 0.375. The van der Waals surface area contributed by atoms with Crippen LogP contribution in [-0.4, -0.2) is 11.3 Å². The van der Waals surface area contributed by atoms with E-state index in [0.717, 1.165) is 22.6 Å². The first-order valence-electron chi connectivity index (χ1n) is 4.12. The standard InChI is InChI=1S/C8H3F7INO/c9-1-3-5(16)4(18-8(13,14)15)2-17-6(3)7(10,11)12/h2H,1H2. The van der Waals surface area contributed by atoms with Crippen molar-refractivity contribution in [2.24, 2.45) is 0 Å². The molecule has 10 heteroatoms. The SMILES string of the molecule is FCc1c(C(F)(F)F)ncc(OC(F)(F)F)c1I. The third-order valence-corrected chi connectivity index (χ3v) is 2.89. The predicted octanol–water partition coefficient (Wildman–Crippen LogP) is 4.07. The van der Waals surface area contributed by atoms with Gasteiger partial charge in [-0.05, 0) is 22.6 Å². The lowest BCUT2D eigenvalue weighted by Crippen LogP contribution is -2.20. The topological polar surface area (TPSA) is 22.1 Å². The first-order chi connectivity index (χ1) is 8.06. The third-order valence-electron chi connectivity index (χ3n) is 1.71. The molecule has 1 aromatic rings. The Morgan fingerprint density at radius 1 is 1.17 bits per heavy atom. The summed E-state index contributed by atoms with van der Waals surface area (Å²) in [5.41, 5.74) is -2.55. The number of alkyl halides is 7. The van der Waals surface area contributed by atoms with Crippen molar-refractivity contribution < 1.29 is 35.5 Å². The van der Waals surface area contributed by atoms with E-state index >= 15 is 0 Å². The monoisotopic (exact) mass is 389 g/mol. The Morgan fingerprint density at radius 3 is 2.11 bits per heavy atom. The van der Waals surface area contributed by atoms with Crippen LogP contribution in [-0.2, 0) is 12.9 Å². The van der Waals surface area contributed by atoms with Gasteiger partial charge < -0.3 is 4.74 Å². The van der Waals surface area contributed by atoms with Crippen LogP contribution >= 0.6 is 22.6 Å². The Morgan fingerprint density at radius 2 is 1.72 bits per heavy atom. The van der Waals surface area contributed by atoms with E-state index in [4.69, 9.17) is 0 Å². The highest BCUT2D eigenvalue weighted by atomic mass is 127. The van der Waals surface area contributed by atoms with Gasteiger partial charge in [-0.25, -0.2) is 9.37 Å². The van der Waals surface area contributed by atoms with Gasteiger partial charge in [0.2, 0.25) is 0 Å². The molecule has 0 aliphatic rings. The molecular weight excluding hydrogens is 386 g/mol. The van der Waals surface area contributed by atoms with Crippen molar-refractivity contribution in [2.75, 3.05) is 0 Å². The van der Waals surface area contributed by atoms with Crippen molar-refractivity contribution in [3.05, 3.63) is 21.0 Å². The van der Waals surface area contributed by atoms with Crippen LogP contribution in [0.1, 0.15) is 11.3 Å². The Labute approximate surface area is 109 Å². The fourth-order valence-electron chi connectivity index (χ4n) is 1.07. The second-order valence-electron chi connectivity index (χ2n) is 2.94. The third kappa shape index (κ3) is 3.59. The van der Waals surface area contributed by atoms with Crippen LogP contribution in [0, 0.1) is 3.57 Å². The van der Waals surface area contributed by atoms with Crippen molar-refractivity contribution in [1.82, 2.24) is 4.98 Å². The molecule has 0 fully saturated rings. The average molecular weight is 389 g/mol. The van der Waals surface area contributed by atoms with Crippen molar-refractivity contribution in [2.45, 2.75) is 19.2 Å². The number of halogens is 8. The van der Waals surface area contributed by atoms with Crippen LogP contribution in [0.2, 0.25) is 0 Å². The van der Waals surface area contributed by atoms with Gasteiger partial charge in [-0.3, -0.25) is 0 Å². The molecule has 18 heavy (non-hydrogen) atoms. The van der Waals surface area contributed by atoms with Crippen LogP contribution in [0.5, 0.6) is 5.75 Å². The second-order valence-corrected chi connectivity index (χ2v) is 4.02. The molecule has 0 aliphatic carbocycles. The van der Waals surface area contributed by atoms with Crippen molar-refractivity contribution in [1.29, 1.82) is 0 Å². The minimum absolute atomic E-state index is 0.261.